The number of aryl methyl sites for hydroxylation is 1. The van der Waals surface area contributed by atoms with Crippen LogP contribution in [0.25, 0.3) is 0 Å². The van der Waals surface area contributed by atoms with Crippen molar-refractivity contribution in [2.24, 2.45) is 0 Å². The summed E-state index contributed by atoms with van der Waals surface area (Å²) in [6.45, 7) is 6.84. The lowest BCUT2D eigenvalue weighted by atomic mass is 9.92. The number of nitrogens with zero attached hydrogens (tertiary/aromatic N) is 1. The molecule has 2 saturated heterocycles. The van der Waals surface area contributed by atoms with Gasteiger partial charge in [-0.3, -0.25) is 4.79 Å². The van der Waals surface area contributed by atoms with Crippen molar-refractivity contribution in [3.05, 3.63) is 22.5 Å². The SMILES string of the molecule is CCOC(=O)c1c(C)[nH]c(C(=O)N2CCC[C@@]3(CNC(=O)O3)C2)c1C. The van der Waals surface area contributed by atoms with E-state index in [9.17, 15) is 14.4 Å². The molecule has 3 heterocycles. The van der Waals surface area contributed by atoms with Gasteiger partial charge in [-0.05, 0) is 39.2 Å². The van der Waals surface area contributed by atoms with Crippen molar-refractivity contribution in [2.45, 2.75) is 39.2 Å². The highest BCUT2D eigenvalue weighted by Crippen LogP contribution is 2.30. The van der Waals surface area contributed by atoms with E-state index < -0.39 is 17.7 Å². The number of aromatic nitrogens is 1. The van der Waals surface area contributed by atoms with Crippen LogP contribution >= 0.6 is 0 Å². The first-order valence-electron chi connectivity index (χ1n) is 8.49. The molecule has 1 aromatic heterocycles. The molecule has 1 atom stereocenters. The predicted octanol–water partition coefficient (Wildman–Crippen LogP) is 1.52. The number of piperidine rings is 1. The predicted molar refractivity (Wildman–Crippen MR) is 88.6 cm³/mol. The number of alkyl carbamates (subject to hydrolysis) is 1. The Morgan fingerprint density at radius 2 is 2.12 bits per heavy atom. The van der Waals surface area contributed by atoms with Gasteiger partial charge in [-0.1, -0.05) is 0 Å². The summed E-state index contributed by atoms with van der Waals surface area (Å²) in [6.07, 6.45) is 1.04. The van der Waals surface area contributed by atoms with Gasteiger partial charge in [0.25, 0.3) is 5.91 Å². The molecule has 0 saturated carbocycles. The zero-order chi connectivity index (χ0) is 18.2. The lowest BCUT2D eigenvalue weighted by Crippen LogP contribution is -2.52. The van der Waals surface area contributed by atoms with Gasteiger partial charge < -0.3 is 24.7 Å². The standard InChI is InChI=1S/C17H23N3O5/c1-4-24-15(22)12-10(2)13(19-11(12)3)14(21)20-7-5-6-17(9-20)8-18-16(23)25-17/h19H,4-9H2,1-3H3,(H,18,23)/t17-/m1/s1. The molecule has 25 heavy (non-hydrogen) atoms. The molecule has 3 rings (SSSR count). The van der Waals surface area contributed by atoms with E-state index >= 15 is 0 Å². The summed E-state index contributed by atoms with van der Waals surface area (Å²) < 4.78 is 10.5. The molecule has 2 aliphatic rings. The van der Waals surface area contributed by atoms with E-state index in [2.05, 4.69) is 10.3 Å². The van der Waals surface area contributed by atoms with Crippen molar-refractivity contribution in [2.75, 3.05) is 26.2 Å². The topological polar surface area (TPSA) is 101 Å². The van der Waals surface area contributed by atoms with Crippen LogP contribution in [-0.2, 0) is 9.47 Å². The number of hydrogen-bond donors (Lipinski definition) is 2. The Morgan fingerprint density at radius 3 is 2.76 bits per heavy atom. The van der Waals surface area contributed by atoms with Crippen LogP contribution in [0.2, 0.25) is 0 Å². The number of nitrogens with one attached hydrogen (secondary N) is 2. The first kappa shape index (κ1) is 17.3. The van der Waals surface area contributed by atoms with E-state index in [1.807, 2.05) is 0 Å². The highest BCUT2D eigenvalue weighted by Gasteiger charge is 2.45. The maximum atomic E-state index is 13.0. The molecule has 0 radical (unpaired) electrons. The van der Waals surface area contributed by atoms with Crippen molar-refractivity contribution < 1.29 is 23.9 Å². The smallest absolute Gasteiger partial charge is 0.407 e. The Morgan fingerprint density at radius 1 is 1.36 bits per heavy atom. The highest BCUT2D eigenvalue weighted by atomic mass is 16.6. The summed E-state index contributed by atoms with van der Waals surface area (Å²) in [5, 5.41) is 2.66. The third kappa shape index (κ3) is 3.08. The second-order valence-corrected chi connectivity index (χ2v) is 6.60. The first-order chi connectivity index (χ1) is 11.9. The molecular formula is C17H23N3O5. The van der Waals surface area contributed by atoms with E-state index in [1.165, 1.54) is 0 Å². The van der Waals surface area contributed by atoms with Gasteiger partial charge in [-0.15, -0.1) is 0 Å². The van der Waals surface area contributed by atoms with Crippen LogP contribution in [0.4, 0.5) is 4.79 Å². The second kappa shape index (κ2) is 6.42. The molecule has 8 nitrogen and oxygen atoms in total. The molecule has 136 valence electrons. The molecule has 2 fully saturated rings. The average Bonchev–Trinajstić information content (AvgIpc) is 3.06. The van der Waals surface area contributed by atoms with E-state index in [0.717, 1.165) is 12.8 Å². The molecule has 0 unspecified atom stereocenters. The lowest BCUT2D eigenvalue weighted by Gasteiger charge is -2.38. The lowest BCUT2D eigenvalue weighted by molar-refractivity contribution is -0.00525. The molecule has 1 spiro atoms. The normalized spacial score (nSPS) is 22.7. The minimum Gasteiger partial charge on any atom is -0.462 e. The Hall–Kier alpha value is -2.51. The van der Waals surface area contributed by atoms with E-state index in [4.69, 9.17) is 9.47 Å². The van der Waals surface area contributed by atoms with E-state index in [-0.39, 0.29) is 12.5 Å². The summed E-state index contributed by atoms with van der Waals surface area (Å²) in [5.41, 5.74) is 1.34. The van der Waals surface area contributed by atoms with Crippen LogP contribution in [0.1, 0.15) is 51.9 Å². The molecule has 1 aromatic rings. The molecule has 2 amide bonds. The van der Waals surface area contributed by atoms with Crippen molar-refractivity contribution in [3.63, 3.8) is 0 Å². The Bertz CT molecular complexity index is 726. The number of H-pyrrole nitrogens is 1. The number of carbonyl (C=O) groups is 3. The maximum Gasteiger partial charge on any atom is 0.407 e. The van der Waals surface area contributed by atoms with Gasteiger partial charge in [0.1, 0.15) is 11.3 Å². The number of ether oxygens (including phenoxy) is 2. The van der Waals surface area contributed by atoms with Gasteiger partial charge in [-0.25, -0.2) is 9.59 Å². The third-order valence-corrected chi connectivity index (χ3v) is 4.82. The number of carbonyl (C=O) groups excluding carboxylic acids is 3. The average molecular weight is 349 g/mol. The maximum absolute atomic E-state index is 13.0. The summed E-state index contributed by atoms with van der Waals surface area (Å²) in [5.74, 6) is -0.630. The monoisotopic (exact) mass is 349 g/mol. The second-order valence-electron chi connectivity index (χ2n) is 6.60. The van der Waals surface area contributed by atoms with Gasteiger partial charge >= 0.3 is 12.1 Å². The largest absolute Gasteiger partial charge is 0.462 e. The van der Waals surface area contributed by atoms with Crippen LogP contribution in [0.5, 0.6) is 0 Å². The molecule has 0 aliphatic carbocycles. The molecule has 0 aromatic carbocycles. The summed E-state index contributed by atoms with van der Waals surface area (Å²) in [7, 11) is 0. The summed E-state index contributed by atoms with van der Waals surface area (Å²) in [6, 6.07) is 0. The molecule has 2 N–H and O–H groups in total. The van der Waals surface area contributed by atoms with E-state index in [0.29, 0.717) is 42.1 Å². The summed E-state index contributed by atoms with van der Waals surface area (Å²) in [4.78, 5) is 41.2. The van der Waals surface area contributed by atoms with Gasteiger partial charge in [0.15, 0.2) is 0 Å². The number of esters is 1. The minimum absolute atomic E-state index is 0.196. The Balaban J connectivity index is 1.82. The van der Waals surface area contributed by atoms with Gasteiger partial charge in [0.05, 0.1) is 25.3 Å². The quantitative estimate of drug-likeness (QED) is 0.806. The third-order valence-electron chi connectivity index (χ3n) is 4.82. The highest BCUT2D eigenvalue weighted by molar-refractivity contribution is 6.00. The van der Waals surface area contributed by atoms with Crippen molar-refractivity contribution in [1.82, 2.24) is 15.2 Å². The Kier molecular flexibility index (Phi) is 4.45. The number of rotatable bonds is 3. The zero-order valence-electron chi connectivity index (χ0n) is 14.7. The molecule has 8 heteroatoms. The molecule has 0 bridgehead atoms. The van der Waals surface area contributed by atoms with Gasteiger partial charge in [0.2, 0.25) is 0 Å². The van der Waals surface area contributed by atoms with Crippen LogP contribution in [0.15, 0.2) is 0 Å². The number of likely N-dealkylation sites (tertiary alicyclic amines) is 1. The minimum atomic E-state index is -0.648. The van der Waals surface area contributed by atoms with Crippen LogP contribution in [0.3, 0.4) is 0 Å². The zero-order valence-corrected chi connectivity index (χ0v) is 14.7. The number of hydrogen-bond acceptors (Lipinski definition) is 5. The van der Waals surface area contributed by atoms with Gasteiger partial charge in [-0.2, -0.15) is 0 Å². The molecular weight excluding hydrogens is 326 g/mol. The van der Waals surface area contributed by atoms with Crippen molar-refractivity contribution in [3.8, 4) is 0 Å². The Labute approximate surface area is 145 Å². The van der Waals surface area contributed by atoms with Crippen LogP contribution in [-0.4, -0.2) is 59.7 Å². The number of aromatic amines is 1. The summed E-state index contributed by atoms with van der Waals surface area (Å²) >= 11 is 0. The fraction of sp³-hybridized carbons (Fsp3) is 0.588. The van der Waals surface area contributed by atoms with Crippen molar-refractivity contribution in [1.29, 1.82) is 0 Å². The fourth-order valence-electron chi connectivity index (χ4n) is 3.63. The van der Waals surface area contributed by atoms with Crippen molar-refractivity contribution >= 4 is 18.0 Å². The first-order valence-corrected chi connectivity index (χ1v) is 8.49. The molecule has 2 aliphatic heterocycles. The fourth-order valence-corrected chi connectivity index (χ4v) is 3.63. The van der Waals surface area contributed by atoms with Crippen LogP contribution < -0.4 is 5.32 Å². The van der Waals surface area contributed by atoms with Gasteiger partial charge in [0, 0.05) is 12.2 Å². The number of amides is 2. The van der Waals surface area contributed by atoms with Crippen LogP contribution in [0, 0.1) is 13.8 Å². The van der Waals surface area contributed by atoms with E-state index in [1.54, 1.807) is 25.7 Å².